The van der Waals surface area contributed by atoms with Crippen LogP contribution < -0.4 is 0 Å². The first-order valence-electron chi connectivity index (χ1n) is 9.17. The van der Waals surface area contributed by atoms with Gasteiger partial charge in [0.25, 0.3) is 0 Å². The van der Waals surface area contributed by atoms with Gasteiger partial charge in [0.2, 0.25) is 0 Å². The third-order valence-electron chi connectivity index (χ3n) is 4.67. The molecular weight excluding hydrogens is 324 g/mol. The molecule has 134 valence electrons. The summed E-state index contributed by atoms with van der Waals surface area (Å²) in [5.41, 5.74) is 5.94. The summed E-state index contributed by atoms with van der Waals surface area (Å²) in [7, 11) is -3.20. The van der Waals surface area contributed by atoms with Crippen LogP contribution in [-0.4, -0.2) is 16.4 Å². The molecule has 0 aliphatic rings. The SMILES string of the molecule is CCCC(O[Si](C)(C)C(C)(C)C)c1ccccc1C#C[Si](C)(C)C. The van der Waals surface area contributed by atoms with E-state index in [9.17, 15) is 0 Å². The molecule has 0 spiro atoms. The first-order chi connectivity index (χ1) is 10.9. The molecule has 0 radical (unpaired) electrons. The number of benzene rings is 1. The molecule has 1 nitrogen and oxygen atoms in total. The van der Waals surface area contributed by atoms with Crippen LogP contribution in [0.1, 0.15) is 57.8 Å². The van der Waals surface area contributed by atoms with Gasteiger partial charge in [-0.25, -0.2) is 0 Å². The Morgan fingerprint density at radius 1 is 1.04 bits per heavy atom. The van der Waals surface area contributed by atoms with Crippen molar-refractivity contribution < 1.29 is 4.43 Å². The first kappa shape index (κ1) is 21.2. The van der Waals surface area contributed by atoms with E-state index in [0.29, 0.717) is 0 Å². The lowest BCUT2D eigenvalue weighted by molar-refractivity contribution is 0.172. The Morgan fingerprint density at radius 3 is 2.12 bits per heavy atom. The van der Waals surface area contributed by atoms with Crippen molar-refractivity contribution in [2.24, 2.45) is 0 Å². The van der Waals surface area contributed by atoms with Crippen LogP contribution in [-0.2, 0) is 4.43 Å². The summed E-state index contributed by atoms with van der Waals surface area (Å²) in [6.07, 6.45) is 2.33. The molecule has 0 saturated carbocycles. The monoisotopic (exact) mass is 360 g/mol. The van der Waals surface area contributed by atoms with Crippen LogP contribution in [0.4, 0.5) is 0 Å². The molecule has 1 atom stereocenters. The van der Waals surface area contributed by atoms with Gasteiger partial charge in [0.1, 0.15) is 8.07 Å². The zero-order valence-electron chi connectivity index (χ0n) is 17.2. The van der Waals surface area contributed by atoms with Crippen LogP contribution in [0.3, 0.4) is 0 Å². The molecule has 0 aromatic heterocycles. The van der Waals surface area contributed by atoms with Crippen molar-refractivity contribution >= 4 is 16.4 Å². The molecule has 0 saturated heterocycles. The molecule has 0 fully saturated rings. The maximum Gasteiger partial charge on any atom is 0.192 e. The highest BCUT2D eigenvalue weighted by atomic mass is 28.4. The van der Waals surface area contributed by atoms with Crippen LogP contribution in [0.25, 0.3) is 0 Å². The van der Waals surface area contributed by atoms with Gasteiger partial charge in [-0.05, 0) is 36.2 Å². The molecule has 0 aliphatic heterocycles. The minimum Gasteiger partial charge on any atom is -0.410 e. The Labute approximate surface area is 152 Å². The van der Waals surface area contributed by atoms with E-state index in [0.717, 1.165) is 18.4 Å². The van der Waals surface area contributed by atoms with Crippen molar-refractivity contribution in [2.75, 3.05) is 0 Å². The van der Waals surface area contributed by atoms with E-state index < -0.39 is 16.4 Å². The Bertz CT molecular complexity index is 595. The second-order valence-corrected chi connectivity index (χ2v) is 18.7. The van der Waals surface area contributed by atoms with Crippen LogP contribution in [0.15, 0.2) is 24.3 Å². The summed E-state index contributed by atoms with van der Waals surface area (Å²) < 4.78 is 6.78. The second-order valence-electron chi connectivity index (χ2n) is 9.24. The maximum atomic E-state index is 6.78. The highest BCUT2D eigenvalue weighted by Gasteiger charge is 2.39. The molecule has 0 N–H and O–H groups in total. The third-order valence-corrected chi connectivity index (χ3v) is 10.0. The van der Waals surface area contributed by atoms with E-state index in [2.05, 4.69) is 96.2 Å². The van der Waals surface area contributed by atoms with E-state index >= 15 is 0 Å². The fraction of sp³-hybridized carbons (Fsp3) is 0.619. The van der Waals surface area contributed by atoms with Gasteiger partial charge in [0.15, 0.2) is 8.32 Å². The largest absolute Gasteiger partial charge is 0.410 e. The predicted octanol–water partition coefficient (Wildman–Crippen LogP) is 6.78. The number of hydrogen-bond acceptors (Lipinski definition) is 1. The molecule has 1 unspecified atom stereocenters. The Balaban J connectivity index is 3.24. The summed E-state index contributed by atoms with van der Waals surface area (Å²) in [4.78, 5) is 0. The molecular formula is C21H36OSi2. The van der Waals surface area contributed by atoms with Crippen molar-refractivity contribution in [1.82, 2.24) is 0 Å². The molecule has 3 heteroatoms. The molecule has 1 aromatic rings. The maximum absolute atomic E-state index is 6.78. The van der Waals surface area contributed by atoms with Crippen molar-refractivity contribution in [1.29, 1.82) is 0 Å². The lowest BCUT2D eigenvalue weighted by atomic mass is 10.00. The summed E-state index contributed by atoms with van der Waals surface area (Å²) in [6.45, 7) is 20.7. The van der Waals surface area contributed by atoms with Crippen LogP contribution in [0.2, 0.25) is 37.8 Å². The van der Waals surface area contributed by atoms with E-state index in [1.54, 1.807) is 0 Å². The first-order valence-corrected chi connectivity index (χ1v) is 15.6. The van der Waals surface area contributed by atoms with Gasteiger partial charge in [-0.1, -0.05) is 77.9 Å². The average Bonchev–Trinajstić information content (AvgIpc) is 2.43. The lowest BCUT2D eigenvalue weighted by Crippen LogP contribution is -2.42. The van der Waals surface area contributed by atoms with Crippen molar-refractivity contribution in [3.8, 4) is 11.5 Å². The number of hydrogen-bond donors (Lipinski definition) is 0. The molecule has 0 bridgehead atoms. The van der Waals surface area contributed by atoms with Crippen LogP contribution in [0.5, 0.6) is 0 Å². The van der Waals surface area contributed by atoms with Gasteiger partial charge in [-0.3, -0.25) is 0 Å². The van der Waals surface area contributed by atoms with Gasteiger partial charge < -0.3 is 4.43 Å². The summed E-state index contributed by atoms with van der Waals surface area (Å²) >= 11 is 0. The van der Waals surface area contributed by atoms with Crippen molar-refractivity contribution in [3.63, 3.8) is 0 Å². The smallest absolute Gasteiger partial charge is 0.192 e. The highest BCUT2D eigenvalue weighted by Crippen LogP contribution is 2.41. The van der Waals surface area contributed by atoms with Crippen LogP contribution >= 0.6 is 0 Å². The van der Waals surface area contributed by atoms with E-state index in [1.165, 1.54) is 5.56 Å². The third kappa shape index (κ3) is 6.24. The summed E-state index contributed by atoms with van der Waals surface area (Å²) in [5, 5.41) is 0.220. The topological polar surface area (TPSA) is 9.23 Å². The Hall–Kier alpha value is -0.826. The van der Waals surface area contributed by atoms with Gasteiger partial charge in [0, 0.05) is 5.56 Å². The minimum atomic E-state index is -1.81. The summed E-state index contributed by atoms with van der Waals surface area (Å²) in [5.74, 6) is 3.46. The van der Waals surface area contributed by atoms with Crippen LogP contribution in [0, 0.1) is 11.5 Å². The normalized spacial score (nSPS) is 14.0. The molecule has 0 amide bonds. The van der Waals surface area contributed by atoms with Gasteiger partial charge >= 0.3 is 0 Å². The molecule has 1 rings (SSSR count). The average molecular weight is 361 g/mol. The standard InChI is InChI=1S/C21H36OSi2/c1-10-13-20(22-24(8,9)21(2,3)4)19-15-12-11-14-18(19)16-17-23(5,6)7/h11-12,14-15,20H,10,13H2,1-9H3. The fourth-order valence-electron chi connectivity index (χ4n) is 2.22. The molecule has 1 aromatic carbocycles. The minimum absolute atomic E-state index is 0.156. The molecule has 24 heavy (non-hydrogen) atoms. The van der Waals surface area contributed by atoms with Crippen molar-refractivity contribution in [3.05, 3.63) is 35.4 Å². The predicted molar refractivity (Wildman–Crippen MR) is 113 cm³/mol. The van der Waals surface area contributed by atoms with E-state index in [-0.39, 0.29) is 11.1 Å². The zero-order chi connectivity index (χ0) is 18.6. The van der Waals surface area contributed by atoms with Gasteiger partial charge in [-0.2, -0.15) is 0 Å². The summed E-state index contributed by atoms with van der Waals surface area (Å²) in [6, 6.07) is 8.57. The van der Waals surface area contributed by atoms with Crippen molar-refractivity contribution in [2.45, 2.75) is 84.4 Å². The lowest BCUT2D eigenvalue weighted by Gasteiger charge is -2.39. The number of rotatable bonds is 5. The quantitative estimate of drug-likeness (QED) is 0.415. The van der Waals surface area contributed by atoms with E-state index in [4.69, 9.17) is 4.43 Å². The molecule has 0 heterocycles. The highest BCUT2D eigenvalue weighted by molar-refractivity contribution is 6.83. The zero-order valence-corrected chi connectivity index (χ0v) is 19.2. The van der Waals surface area contributed by atoms with E-state index in [1.807, 2.05) is 0 Å². The molecule has 0 aliphatic carbocycles. The van der Waals surface area contributed by atoms with Gasteiger partial charge in [0.05, 0.1) is 6.10 Å². The Morgan fingerprint density at radius 2 is 1.62 bits per heavy atom. The van der Waals surface area contributed by atoms with Gasteiger partial charge in [-0.15, -0.1) is 5.54 Å². The second kappa shape index (κ2) is 8.04. The fourth-order valence-corrected chi connectivity index (χ4v) is 4.04. The Kier molecular flexibility index (Phi) is 7.10.